The molecule has 2 aromatic carbocycles. The van der Waals surface area contributed by atoms with Gasteiger partial charge in [-0.15, -0.1) is 0 Å². The van der Waals surface area contributed by atoms with E-state index >= 15 is 0 Å². The fourth-order valence-corrected chi connectivity index (χ4v) is 2.77. The Bertz CT molecular complexity index is 764. The lowest BCUT2D eigenvalue weighted by Gasteiger charge is -2.12. The van der Waals surface area contributed by atoms with Crippen LogP contribution < -0.4 is 5.73 Å². The van der Waals surface area contributed by atoms with E-state index in [9.17, 15) is 0 Å². The lowest BCUT2D eigenvalue weighted by molar-refractivity contribution is 0.646. The number of fused-ring (bicyclic) bond motifs is 1. The van der Waals surface area contributed by atoms with E-state index in [2.05, 4.69) is 18.0 Å². The molecular formula is C17H18ClN3. The number of nitrogens with two attached hydrogens (primary N) is 1. The average Bonchev–Trinajstić information content (AvgIpc) is 2.91. The first kappa shape index (κ1) is 14.1. The summed E-state index contributed by atoms with van der Waals surface area (Å²) in [6.07, 6.45) is 3.62. The van der Waals surface area contributed by atoms with Gasteiger partial charge in [0.2, 0.25) is 0 Å². The zero-order valence-corrected chi connectivity index (χ0v) is 12.7. The van der Waals surface area contributed by atoms with Gasteiger partial charge in [-0.25, -0.2) is 4.98 Å². The monoisotopic (exact) mass is 299 g/mol. The highest BCUT2D eigenvalue weighted by Gasteiger charge is 2.09. The van der Waals surface area contributed by atoms with Crippen molar-refractivity contribution >= 4 is 22.6 Å². The third kappa shape index (κ3) is 2.80. The van der Waals surface area contributed by atoms with E-state index in [0.717, 1.165) is 34.6 Å². The van der Waals surface area contributed by atoms with Crippen LogP contribution in [0.15, 0.2) is 48.8 Å². The van der Waals surface area contributed by atoms with Gasteiger partial charge in [0.1, 0.15) is 6.33 Å². The van der Waals surface area contributed by atoms with Gasteiger partial charge in [0.05, 0.1) is 21.7 Å². The fourth-order valence-electron chi connectivity index (χ4n) is 2.47. The number of hydrogen-bond acceptors (Lipinski definition) is 2. The highest BCUT2D eigenvalue weighted by atomic mass is 35.5. The minimum Gasteiger partial charge on any atom is -0.327 e. The predicted molar refractivity (Wildman–Crippen MR) is 88.1 cm³/mol. The number of para-hydroxylation sites is 2. The van der Waals surface area contributed by atoms with Crippen molar-refractivity contribution in [3.8, 4) is 5.69 Å². The molecule has 0 aliphatic carbocycles. The molecule has 3 aromatic rings. The molecule has 0 radical (unpaired) electrons. The molecule has 108 valence electrons. The van der Waals surface area contributed by atoms with Crippen molar-refractivity contribution in [3.05, 3.63) is 59.4 Å². The number of hydrogen-bond donors (Lipinski definition) is 1. The molecule has 0 aliphatic heterocycles. The van der Waals surface area contributed by atoms with Crippen LogP contribution in [0.25, 0.3) is 16.7 Å². The summed E-state index contributed by atoms with van der Waals surface area (Å²) >= 11 is 6.46. The van der Waals surface area contributed by atoms with Crippen LogP contribution in [0, 0.1) is 0 Å². The molecular weight excluding hydrogens is 282 g/mol. The SMILES string of the molecule is CCC(N)Cc1ccc(-n2cnc3ccccc32)c(Cl)c1. The van der Waals surface area contributed by atoms with Crippen molar-refractivity contribution in [1.82, 2.24) is 9.55 Å². The lowest BCUT2D eigenvalue weighted by atomic mass is 10.0. The minimum absolute atomic E-state index is 0.181. The van der Waals surface area contributed by atoms with Crippen LogP contribution in [-0.4, -0.2) is 15.6 Å². The van der Waals surface area contributed by atoms with E-state index in [1.165, 1.54) is 5.56 Å². The summed E-state index contributed by atoms with van der Waals surface area (Å²) in [7, 11) is 0. The van der Waals surface area contributed by atoms with Crippen molar-refractivity contribution in [3.63, 3.8) is 0 Å². The quantitative estimate of drug-likeness (QED) is 0.792. The Morgan fingerprint density at radius 3 is 2.81 bits per heavy atom. The van der Waals surface area contributed by atoms with Crippen molar-refractivity contribution in [2.24, 2.45) is 5.73 Å². The van der Waals surface area contributed by atoms with Crippen LogP contribution >= 0.6 is 11.6 Å². The van der Waals surface area contributed by atoms with Gasteiger partial charge in [-0.2, -0.15) is 0 Å². The molecule has 0 saturated carbocycles. The van der Waals surface area contributed by atoms with Gasteiger partial charge < -0.3 is 5.73 Å². The van der Waals surface area contributed by atoms with Crippen LogP contribution in [0.2, 0.25) is 5.02 Å². The largest absolute Gasteiger partial charge is 0.327 e. The van der Waals surface area contributed by atoms with Crippen LogP contribution in [0.3, 0.4) is 0 Å². The van der Waals surface area contributed by atoms with Gasteiger partial charge in [-0.05, 0) is 42.7 Å². The topological polar surface area (TPSA) is 43.8 Å². The van der Waals surface area contributed by atoms with Crippen molar-refractivity contribution < 1.29 is 0 Å². The molecule has 1 unspecified atom stereocenters. The molecule has 21 heavy (non-hydrogen) atoms. The van der Waals surface area contributed by atoms with Crippen molar-refractivity contribution in [2.45, 2.75) is 25.8 Å². The van der Waals surface area contributed by atoms with Gasteiger partial charge in [-0.3, -0.25) is 4.57 Å². The predicted octanol–water partition coefficient (Wildman–Crippen LogP) is 3.96. The molecule has 0 spiro atoms. The number of benzene rings is 2. The Kier molecular flexibility index (Phi) is 3.95. The van der Waals surface area contributed by atoms with Crippen LogP contribution in [-0.2, 0) is 6.42 Å². The van der Waals surface area contributed by atoms with Gasteiger partial charge in [0.25, 0.3) is 0 Å². The number of nitrogens with zero attached hydrogens (tertiary/aromatic N) is 2. The summed E-state index contributed by atoms with van der Waals surface area (Å²) in [6, 6.07) is 14.3. The van der Waals surface area contributed by atoms with Crippen LogP contribution in [0.1, 0.15) is 18.9 Å². The Labute approximate surface area is 129 Å². The first-order valence-electron chi connectivity index (χ1n) is 7.15. The van der Waals surface area contributed by atoms with Gasteiger partial charge in [-0.1, -0.05) is 36.7 Å². The third-order valence-electron chi connectivity index (χ3n) is 3.75. The van der Waals surface area contributed by atoms with E-state index in [1.807, 2.05) is 47.3 Å². The van der Waals surface area contributed by atoms with Gasteiger partial charge in [0.15, 0.2) is 0 Å². The molecule has 1 aromatic heterocycles. The average molecular weight is 300 g/mol. The Morgan fingerprint density at radius 2 is 2.05 bits per heavy atom. The molecule has 4 heteroatoms. The second-order valence-electron chi connectivity index (χ2n) is 5.26. The second kappa shape index (κ2) is 5.88. The molecule has 1 heterocycles. The summed E-state index contributed by atoms with van der Waals surface area (Å²) < 4.78 is 2.02. The van der Waals surface area contributed by atoms with E-state index in [-0.39, 0.29) is 6.04 Å². The van der Waals surface area contributed by atoms with Crippen molar-refractivity contribution in [1.29, 1.82) is 0 Å². The standard InChI is InChI=1S/C17H18ClN3/c1-2-13(19)9-12-7-8-16(14(18)10-12)21-11-20-15-5-3-4-6-17(15)21/h3-8,10-11,13H,2,9,19H2,1H3. The third-order valence-corrected chi connectivity index (χ3v) is 4.05. The molecule has 3 rings (SSSR count). The normalized spacial score (nSPS) is 12.7. The maximum atomic E-state index is 6.46. The first-order chi connectivity index (χ1) is 10.2. The zero-order chi connectivity index (χ0) is 14.8. The summed E-state index contributed by atoms with van der Waals surface area (Å²) in [4.78, 5) is 4.40. The summed E-state index contributed by atoms with van der Waals surface area (Å²) in [5.74, 6) is 0. The highest BCUT2D eigenvalue weighted by molar-refractivity contribution is 6.32. The number of imidazole rings is 1. The minimum atomic E-state index is 0.181. The Balaban J connectivity index is 1.99. The molecule has 0 amide bonds. The molecule has 3 nitrogen and oxygen atoms in total. The molecule has 0 saturated heterocycles. The number of rotatable bonds is 4. The molecule has 0 fully saturated rings. The van der Waals surface area contributed by atoms with E-state index in [1.54, 1.807) is 0 Å². The molecule has 1 atom stereocenters. The van der Waals surface area contributed by atoms with E-state index in [4.69, 9.17) is 17.3 Å². The highest BCUT2D eigenvalue weighted by Crippen LogP contribution is 2.26. The summed E-state index contributed by atoms with van der Waals surface area (Å²) in [5, 5.41) is 0.721. The number of halogens is 1. The van der Waals surface area contributed by atoms with Gasteiger partial charge in [0, 0.05) is 6.04 Å². The second-order valence-corrected chi connectivity index (χ2v) is 5.67. The lowest BCUT2D eigenvalue weighted by Crippen LogP contribution is -2.21. The molecule has 0 bridgehead atoms. The first-order valence-corrected chi connectivity index (χ1v) is 7.53. The van der Waals surface area contributed by atoms with E-state index < -0.39 is 0 Å². The van der Waals surface area contributed by atoms with Crippen LogP contribution in [0.4, 0.5) is 0 Å². The smallest absolute Gasteiger partial charge is 0.100 e. The van der Waals surface area contributed by atoms with Gasteiger partial charge >= 0.3 is 0 Å². The fraction of sp³-hybridized carbons (Fsp3) is 0.235. The number of aromatic nitrogens is 2. The molecule has 0 aliphatic rings. The molecule has 2 N–H and O–H groups in total. The Hall–Kier alpha value is -1.84. The maximum absolute atomic E-state index is 6.46. The van der Waals surface area contributed by atoms with E-state index in [0.29, 0.717) is 0 Å². The van der Waals surface area contributed by atoms with Crippen LogP contribution in [0.5, 0.6) is 0 Å². The zero-order valence-electron chi connectivity index (χ0n) is 12.0. The summed E-state index contributed by atoms with van der Waals surface area (Å²) in [5.41, 5.74) is 10.1. The van der Waals surface area contributed by atoms with Crippen molar-refractivity contribution in [2.75, 3.05) is 0 Å². The summed E-state index contributed by atoms with van der Waals surface area (Å²) in [6.45, 7) is 2.10. The Morgan fingerprint density at radius 1 is 1.24 bits per heavy atom. The maximum Gasteiger partial charge on any atom is 0.100 e.